The predicted octanol–water partition coefficient (Wildman–Crippen LogP) is 3.30. The van der Waals surface area contributed by atoms with Gasteiger partial charge in [-0.3, -0.25) is 4.90 Å². The molecule has 0 radical (unpaired) electrons. The van der Waals surface area contributed by atoms with E-state index in [9.17, 15) is 0 Å². The molecule has 0 amide bonds. The molecule has 0 atom stereocenters. The molecular formula is C13H19ClN2. The highest BCUT2D eigenvalue weighted by atomic mass is 35.5. The fourth-order valence-corrected chi connectivity index (χ4v) is 2.63. The molecule has 1 aliphatic carbocycles. The van der Waals surface area contributed by atoms with E-state index < -0.39 is 0 Å². The van der Waals surface area contributed by atoms with Gasteiger partial charge in [-0.05, 0) is 37.6 Å². The second-order valence-electron chi connectivity index (χ2n) is 4.71. The highest BCUT2D eigenvalue weighted by Crippen LogP contribution is 2.25. The molecule has 1 aromatic carbocycles. The molecule has 0 heterocycles. The highest BCUT2D eigenvalue weighted by molar-refractivity contribution is 6.33. The summed E-state index contributed by atoms with van der Waals surface area (Å²) in [5, 5.41) is 0.664. The zero-order chi connectivity index (χ0) is 11.5. The van der Waals surface area contributed by atoms with Gasteiger partial charge in [0.2, 0.25) is 0 Å². The van der Waals surface area contributed by atoms with Gasteiger partial charge >= 0.3 is 0 Å². The van der Waals surface area contributed by atoms with E-state index in [1.807, 2.05) is 12.1 Å². The Morgan fingerprint density at radius 3 is 2.69 bits per heavy atom. The van der Waals surface area contributed by atoms with E-state index in [-0.39, 0.29) is 0 Å². The van der Waals surface area contributed by atoms with E-state index in [0.29, 0.717) is 10.7 Å². The van der Waals surface area contributed by atoms with E-state index in [1.165, 1.54) is 31.2 Å². The second kappa shape index (κ2) is 5.07. The van der Waals surface area contributed by atoms with Crippen LogP contribution in [0.5, 0.6) is 0 Å². The van der Waals surface area contributed by atoms with Gasteiger partial charge in [-0.2, -0.15) is 0 Å². The summed E-state index contributed by atoms with van der Waals surface area (Å²) >= 11 is 6.01. The molecule has 0 bridgehead atoms. The van der Waals surface area contributed by atoms with Crippen molar-refractivity contribution in [3.8, 4) is 0 Å². The van der Waals surface area contributed by atoms with E-state index >= 15 is 0 Å². The maximum Gasteiger partial charge on any atom is 0.0638 e. The Labute approximate surface area is 102 Å². The summed E-state index contributed by atoms with van der Waals surface area (Å²) in [4.78, 5) is 2.43. The highest BCUT2D eigenvalue weighted by Gasteiger charge is 2.19. The molecule has 0 aromatic heterocycles. The summed E-state index contributed by atoms with van der Waals surface area (Å²) < 4.78 is 0. The maximum absolute atomic E-state index is 6.01. The lowest BCUT2D eigenvalue weighted by molar-refractivity contribution is 0.237. The fraction of sp³-hybridized carbons (Fsp3) is 0.538. The van der Waals surface area contributed by atoms with Crippen LogP contribution in [0.3, 0.4) is 0 Å². The van der Waals surface area contributed by atoms with E-state index in [4.69, 9.17) is 17.3 Å². The Hall–Kier alpha value is -0.730. The van der Waals surface area contributed by atoms with Crippen LogP contribution in [0.25, 0.3) is 0 Å². The first-order valence-corrected chi connectivity index (χ1v) is 6.29. The Morgan fingerprint density at radius 2 is 2.06 bits per heavy atom. The molecule has 2 nitrogen and oxygen atoms in total. The lowest BCUT2D eigenvalue weighted by Gasteiger charge is -2.24. The lowest BCUT2D eigenvalue weighted by Crippen LogP contribution is -2.28. The standard InChI is InChI=1S/C13H19ClN2/c1-16(11-4-2-3-5-11)9-10-6-7-13(15)12(14)8-10/h6-8,11H,2-5,9,15H2,1H3. The van der Waals surface area contributed by atoms with Gasteiger partial charge in [0.1, 0.15) is 0 Å². The Balaban J connectivity index is 1.99. The molecule has 0 unspecified atom stereocenters. The normalized spacial score (nSPS) is 17.2. The summed E-state index contributed by atoms with van der Waals surface area (Å²) in [6.45, 7) is 0.963. The van der Waals surface area contributed by atoms with Gasteiger partial charge in [-0.1, -0.05) is 30.5 Å². The SMILES string of the molecule is CN(Cc1ccc(N)c(Cl)c1)C1CCCC1. The van der Waals surface area contributed by atoms with Crippen molar-refractivity contribution < 1.29 is 0 Å². The van der Waals surface area contributed by atoms with Crippen LogP contribution in [0.2, 0.25) is 5.02 Å². The number of halogens is 1. The van der Waals surface area contributed by atoms with Crippen LogP contribution >= 0.6 is 11.6 Å². The molecule has 0 aliphatic heterocycles. The number of hydrogen-bond acceptors (Lipinski definition) is 2. The minimum atomic E-state index is 0.661. The zero-order valence-corrected chi connectivity index (χ0v) is 10.5. The summed E-state index contributed by atoms with van der Waals surface area (Å²) in [7, 11) is 2.19. The second-order valence-corrected chi connectivity index (χ2v) is 5.12. The molecule has 0 saturated heterocycles. The van der Waals surface area contributed by atoms with Gasteiger partial charge in [0.05, 0.1) is 10.7 Å². The molecule has 1 fully saturated rings. The van der Waals surface area contributed by atoms with Gasteiger partial charge in [-0.25, -0.2) is 0 Å². The van der Waals surface area contributed by atoms with Crippen molar-refractivity contribution in [2.24, 2.45) is 0 Å². The number of benzene rings is 1. The van der Waals surface area contributed by atoms with Crippen LogP contribution in [-0.2, 0) is 6.54 Å². The van der Waals surface area contributed by atoms with Crippen molar-refractivity contribution in [3.63, 3.8) is 0 Å². The molecule has 1 aliphatic rings. The van der Waals surface area contributed by atoms with Crippen molar-refractivity contribution >= 4 is 17.3 Å². The number of nitrogens with zero attached hydrogens (tertiary/aromatic N) is 1. The summed E-state index contributed by atoms with van der Waals surface area (Å²) in [6.07, 6.45) is 5.41. The van der Waals surface area contributed by atoms with Crippen LogP contribution in [0, 0.1) is 0 Å². The Kier molecular flexibility index (Phi) is 3.72. The largest absolute Gasteiger partial charge is 0.398 e. The minimum absolute atomic E-state index is 0.661. The van der Waals surface area contributed by atoms with Crippen molar-refractivity contribution in [1.29, 1.82) is 0 Å². The van der Waals surface area contributed by atoms with E-state index in [2.05, 4.69) is 18.0 Å². The number of rotatable bonds is 3. The van der Waals surface area contributed by atoms with Crippen LogP contribution in [0.15, 0.2) is 18.2 Å². The average molecular weight is 239 g/mol. The quantitative estimate of drug-likeness (QED) is 0.819. The average Bonchev–Trinajstić information content (AvgIpc) is 2.77. The Bertz CT molecular complexity index is 359. The monoisotopic (exact) mass is 238 g/mol. The number of hydrogen-bond donors (Lipinski definition) is 1. The van der Waals surface area contributed by atoms with Gasteiger partial charge in [-0.15, -0.1) is 0 Å². The topological polar surface area (TPSA) is 29.3 Å². The summed E-state index contributed by atoms with van der Waals surface area (Å²) in [6, 6.07) is 6.67. The first-order valence-electron chi connectivity index (χ1n) is 5.91. The third-order valence-electron chi connectivity index (χ3n) is 3.44. The molecule has 2 N–H and O–H groups in total. The van der Waals surface area contributed by atoms with Crippen molar-refractivity contribution in [2.75, 3.05) is 12.8 Å². The maximum atomic E-state index is 6.01. The van der Waals surface area contributed by atoms with Gasteiger partial charge in [0.15, 0.2) is 0 Å². The first kappa shape index (κ1) is 11.7. The van der Waals surface area contributed by atoms with Crippen molar-refractivity contribution in [1.82, 2.24) is 4.90 Å². The number of nitrogen functional groups attached to an aromatic ring is 1. The van der Waals surface area contributed by atoms with Crippen LogP contribution in [0.1, 0.15) is 31.2 Å². The molecule has 3 heteroatoms. The van der Waals surface area contributed by atoms with Crippen LogP contribution < -0.4 is 5.73 Å². The molecule has 0 spiro atoms. The van der Waals surface area contributed by atoms with Crippen molar-refractivity contribution in [2.45, 2.75) is 38.3 Å². The molecule has 16 heavy (non-hydrogen) atoms. The summed E-state index contributed by atoms with van der Waals surface area (Å²) in [5.41, 5.74) is 7.60. The smallest absolute Gasteiger partial charge is 0.0638 e. The van der Waals surface area contributed by atoms with Gasteiger partial charge < -0.3 is 5.73 Å². The predicted molar refractivity (Wildman–Crippen MR) is 69.6 cm³/mol. The molecule has 88 valence electrons. The van der Waals surface area contributed by atoms with E-state index in [1.54, 1.807) is 0 Å². The minimum Gasteiger partial charge on any atom is -0.398 e. The Morgan fingerprint density at radius 1 is 1.38 bits per heavy atom. The third-order valence-corrected chi connectivity index (χ3v) is 3.77. The van der Waals surface area contributed by atoms with Gasteiger partial charge in [0.25, 0.3) is 0 Å². The number of anilines is 1. The third kappa shape index (κ3) is 2.69. The zero-order valence-electron chi connectivity index (χ0n) is 9.75. The van der Waals surface area contributed by atoms with Crippen LogP contribution in [-0.4, -0.2) is 18.0 Å². The van der Waals surface area contributed by atoms with Crippen LogP contribution in [0.4, 0.5) is 5.69 Å². The molecular weight excluding hydrogens is 220 g/mol. The van der Waals surface area contributed by atoms with Crippen molar-refractivity contribution in [3.05, 3.63) is 28.8 Å². The van der Waals surface area contributed by atoms with Gasteiger partial charge in [0, 0.05) is 12.6 Å². The molecule has 1 aromatic rings. The van der Waals surface area contributed by atoms with E-state index in [0.717, 1.165) is 12.6 Å². The first-order chi connectivity index (χ1) is 7.66. The number of nitrogens with two attached hydrogens (primary N) is 1. The lowest BCUT2D eigenvalue weighted by atomic mass is 10.1. The molecule has 2 rings (SSSR count). The molecule has 1 saturated carbocycles. The fourth-order valence-electron chi connectivity index (χ4n) is 2.43. The summed E-state index contributed by atoms with van der Waals surface area (Å²) in [5.74, 6) is 0.